The van der Waals surface area contributed by atoms with Gasteiger partial charge < -0.3 is 10.4 Å². The molecular formula is C32H34ClN3O3. The van der Waals surface area contributed by atoms with E-state index in [1.165, 1.54) is 11.1 Å². The molecule has 2 aromatic carbocycles. The molecule has 1 atom stereocenters. The molecule has 1 amide bonds. The quantitative estimate of drug-likeness (QED) is 0.160. The van der Waals surface area contributed by atoms with Crippen molar-refractivity contribution in [1.82, 2.24) is 15.3 Å². The number of fused-ring (bicyclic) bond motifs is 1. The van der Waals surface area contributed by atoms with Gasteiger partial charge in [-0.2, -0.15) is 0 Å². The average Bonchev–Trinajstić information content (AvgIpc) is 3.13. The van der Waals surface area contributed by atoms with Crippen molar-refractivity contribution >= 4 is 35.6 Å². The van der Waals surface area contributed by atoms with E-state index in [-0.39, 0.29) is 18.4 Å². The zero-order chi connectivity index (χ0) is 27.8. The molecule has 6 nitrogen and oxygen atoms in total. The van der Waals surface area contributed by atoms with Gasteiger partial charge in [0.2, 0.25) is 5.91 Å². The van der Waals surface area contributed by atoms with Gasteiger partial charge in [0.25, 0.3) is 0 Å². The number of nitrogens with zero attached hydrogens (tertiary/aromatic N) is 2. The summed E-state index contributed by atoms with van der Waals surface area (Å²) in [5.41, 5.74) is 6.46. The first-order valence-corrected chi connectivity index (χ1v) is 13.8. The van der Waals surface area contributed by atoms with Crippen molar-refractivity contribution in [3.05, 3.63) is 93.9 Å². The van der Waals surface area contributed by atoms with Gasteiger partial charge in [-0.1, -0.05) is 61.0 Å². The molecule has 1 aromatic heterocycles. The van der Waals surface area contributed by atoms with Crippen LogP contribution in [0.15, 0.2) is 60.7 Å². The Balaban J connectivity index is 1.63. The fourth-order valence-electron chi connectivity index (χ4n) is 4.95. The summed E-state index contributed by atoms with van der Waals surface area (Å²) in [7, 11) is 0. The topological polar surface area (TPSA) is 92.2 Å². The van der Waals surface area contributed by atoms with E-state index in [1.54, 1.807) is 31.2 Å². The van der Waals surface area contributed by atoms with Crippen LogP contribution in [0.1, 0.15) is 79.7 Å². The van der Waals surface area contributed by atoms with Gasteiger partial charge in [-0.3, -0.25) is 9.59 Å². The van der Waals surface area contributed by atoms with E-state index in [9.17, 15) is 9.59 Å². The molecule has 4 rings (SSSR count). The molecule has 0 spiro atoms. The lowest BCUT2D eigenvalue weighted by atomic mass is 9.99. The predicted molar refractivity (Wildman–Crippen MR) is 156 cm³/mol. The lowest BCUT2D eigenvalue weighted by molar-refractivity contribution is -0.137. The first kappa shape index (κ1) is 28.2. The van der Waals surface area contributed by atoms with Gasteiger partial charge >= 0.3 is 5.97 Å². The summed E-state index contributed by atoms with van der Waals surface area (Å²) in [5.74, 6) is -0.958. The maximum atomic E-state index is 13.3. The first-order chi connectivity index (χ1) is 18.9. The van der Waals surface area contributed by atoms with E-state index < -0.39 is 5.97 Å². The number of rotatable bonds is 10. The zero-order valence-corrected chi connectivity index (χ0v) is 23.0. The van der Waals surface area contributed by atoms with Crippen LogP contribution in [0, 0.1) is 0 Å². The van der Waals surface area contributed by atoms with Gasteiger partial charge in [0.05, 0.1) is 28.8 Å². The molecule has 0 unspecified atom stereocenters. The Morgan fingerprint density at radius 2 is 1.85 bits per heavy atom. The van der Waals surface area contributed by atoms with Crippen LogP contribution in [0.2, 0.25) is 5.02 Å². The minimum absolute atomic E-state index is 0.0263. The highest BCUT2D eigenvalue weighted by Crippen LogP contribution is 2.29. The zero-order valence-electron chi connectivity index (χ0n) is 22.3. The number of amides is 1. The van der Waals surface area contributed by atoms with Crippen molar-refractivity contribution in [2.75, 3.05) is 0 Å². The van der Waals surface area contributed by atoms with E-state index >= 15 is 0 Å². The molecule has 0 saturated heterocycles. The third-order valence-corrected chi connectivity index (χ3v) is 7.28. The van der Waals surface area contributed by atoms with Gasteiger partial charge in [-0.25, -0.2) is 9.97 Å². The second kappa shape index (κ2) is 13.3. The van der Waals surface area contributed by atoms with Crippen molar-refractivity contribution in [3.8, 4) is 11.3 Å². The molecular weight excluding hydrogens is 510 g/mol. The molecule has 7 heteroatoms. The summed E-state index contributed by atoms with van der Waals surface area (Å²) in [6.45, 7) is 5.71. The van der Waals surface area contributed by atoms with Crippen LogP contribution in [0.4, 0.5) is 0 Å². The molecule has 0 fully saturated rings. The minimum atomic E-state index is -0.817. The van der Waals surface area contributed by atoms with Gasteiger partial charge in [-0.05, 0) is 80.9 Å². The fourth-order valence-corrected chi connectivity index (χ4v) is 5.08. The Morgan fingerprint density at radius 3 is 2.59 bits per heavy atom. The number of hydrogen-bond acceptors (Lipinski definition) is 4. The Morgan fingerprint density at radius 1 is 1.08 bits per heavy atom. The molecule has 0 radical (unpaired) electrons. The number of carboxylic acid groups (broad SMARTS) is 1. The third-order valence-electron chi connectivity index (χ3n) is 7.02. The van der Waals surface area contributed by atoms with E-state index in [0.717, 1.165) is 36.9 Å². The molecule has 1 aliphatic rings. The number of halogens is 1. The average molecular weight is 544 g/mol. The maximum Gasteiger partial charge on any atom is 0.303 e. The number of aliphatic carboxylic acids is 1. The van der Waals surface area contributed by atoms with Crippen LogP contribution in [0.25, 0.3) is 23.4 Å². The Labute approximate surface area is 234 Å². The van der Waals surface area contributed by atoms with Crippen molar-refractivity contribution in [2.24, 2.45) is 0 Å². The fraction of sp³-hybridized carbons (Fsp3) is 0.312. The van der Waals surface area contributed by atoms with Gasteiger partial charge in [-0.15, -0.1) is 0 Å². The molecule has 1 aliphatic carbocycles. The van der Waals surface area contributed by atoms with Crippen LogP contribution in [-0.4, -0.2) is 27.0 Å². The van der Waals surface area contributed by atoms with Crippen LogP contribution < -0.4 is 5.32 Å². The molecule has 2 N–H and O–H groups in total. The minimum Gasteiger partial charge on any atom is -0.481 e. The maximum absolute atomic E-state index is 13.3. The largest absolute Gasteiger partial charge is 0.481 e. The number of unbranched alkanes of at least 4 members (excludes halogenated alkanes) is 1. The lowest BCUT2D eigenvalue weighted by Crippen LogP contribution is -2.29. The van der Waals surface area contributed by atoms with Crippen LogP contribution in [-0.2, 0) is 22.4 Å². The summed E-state index contributed by atoms with van der Waals surface area (Å²) in [4.78, 5) is 34.0. The molecule has 3 aromatic rings. The highest BCUT2D eigenvalue weighted by molar-refractivity contribution is 6.30. The molecule has 39 heavy (non-hydrogen) atoms. The predicted octanol–water partition coefficient (Wildman–Crippen LogP) is 7.22. The smallest absolute Gasteiger partial charge is 0.303 e. The standard InChI is InChI=1S/C32H34ClN3O3/c1-3-26-29(20-21(2)32(39)36-27-13-7-5-11-22-10-4-6-12-25(22)27)34-28(14-8-9-15-30(37)38)31(35-26)23-16-18-24(33)19-17-23/h3-4,6,10,12,16-20,27H,1,5,7-9,11,13-15H2,2H3,(H,36,39)(H,37,38)/b21-20+/t27-/m1/s1. The summed E-state index contributed by atoms with van der Waals surface area (Å²) < 4.78 is 0. The normalized spacial score (nSPS) is 15.2. The Bertz CT molecular complexity index is 1380. The van der Waals surface area contributed by atoms with E-state index in [0.29, 0.717) is 46.9 Å². The molecule has 202 valence electrons. The molecule has 0 saturated carbocycles. The summed E-state index contributed by atoms with van der Waals surface area (Å²) in [6.07, 6.45) is 9.36. The second-order valence-corrected chi connectivity index (χ2v) is 10.3. The van der Waals surface area contributed by atoms with E-state index in [4.69, 9.17) is 26.7 Å². The van der Waals surface area contributed by atoms with E-state index in [2.05, 4.69) is 30.1 Å². The molecule has 1 heterocycles. The molecule has 0 bridgehead atoms. The summed E-state index contributed by atoms with van der Waals surface area (Å²) in [5, 5.41) is 12.9. The number of aromatic nitrogens is 2. The van der Waals surface area contributed by atoms with Crippen LogP contribution in [0.3, 0.4) is 0 Å². The monoisotopic (exact) mass is 543 g/mol. The number of carbonyl (C=O) groups is 2. The third kappa shape index (κ3) is 7.42. The Hall–Kier alpha value is -3.77. The van der Waals surface area contributed by atoms with Gasteiger partial charge in [0, 0.05) is 22.6 Å². The summed E-state index contributed by atoms with van der Waals surface area (Å²) in [6, 6.07) is 15.7. The van der Waals surface area contributed by atoms with Gasteiger partial charge in [0.1, 0.15) is 0 Å². The van der Waals surface area contributed by atoms with Crippen LogP contribution >= 0.6 is 11.6 Å². The van der Waals surface area contributed by atoms with Crippen molar-refractivity contribution in [3.63, 3.8) is 0 Å². The van der Waals surface area contributed by atoms with E-state index in [1.807, 2.05) is 18.2 Å². The summed E-state index contributed by atoms with van der Waals surface area (Å²) >= 11 is 6.10. The Kier molecular flexibility index (Phi) is 9.66. The molecule has 0 aliphatic heterocycles. The number of aryl methyl sites for hydroxylation is 2. The van der Waals surface area contributed by atoms with Crippen molar-refractivity contribution < 1.29 is 14.7 Å². The number of benzene rings is 2. The van der Waals surface area contributed by atoms with Crippen LogP contribution in [0.5, 0.6) is 0 Å². The van der Waals surface area contributed by atoms with Crippen molar-refractivity contribution in [1.29, 1.82) is 0 Å². The number of nitrogens with one attached hydrogen (secondary N) is 1. The number of carboxylic acids is 1. The SMILES string of the molecule is C=Cc1nc(-c2ccc(Cl)cc2)c(CCCCC(=O)O)nc1/C=C(\C)C(=O)N[C@@H]1CCCCc2ccccc21. The second-order valence-electron chi connectivity index (χ2n) is 9.90. The number of hydrogen-bond donors (Lipinski definition) is 2. The highest BCUT2D eigenvalue weighted by Gasteiger charge is 2.21. The van der Waals surface area contributed by atoms with Gasteiger partial charge in [0.15, 0.2) is 0 Å². The lowest BCUT2D eigenvalue weighted by Gasteiger charge is -2.20. The first-order valence-electron chi connectivity index (χ1n) is 13.4. The highest BCUT2D eigenvalue weighted by atomic mass is 35.5. The van der Waals surface area contributed by atoms with Crippen molar-refractivity contribution in [2.45, 2.75) is 64.3 Å². The number of carbonyl (C=O) groups excluding carboxylic acids is 1.